The molecule has 1 amide bonds. The van der Waals surface area contributed by atoms with Crippen molar-refractivity contribution < 1.29 is 4.79 Å². The molecule has 0 aliphatic heterocycles. The third kappa shape index (κ3) is 4.48. The Labute approximate surface area is 172 Å². The van der Waals surface area contributed by atoms with Crippen LogP contribution in [-0.2, 0) is 0 Å². The molecule has 1 aromatic carbocycles. The van der Waals surface area contributed by atoms with Gasteiger partial charge in [0.1, 0.15) is 11.4 Å². The first-order chi connectivity index (χ1) is 12.0. The average molecular weight is 557 g/mol. The van der Waals surface area contributed by atoms with Gasteiger partial charge in [-0.05, 0) is 70.3 Å². The van der Waals surface area contributed by atoms with Gasteiger partial charge in [0.2, 0.25) is 0 Å². The molecule has 3 aromatic rings. The summed E-state index contributed by atoms with van der Waals surface area (Å²) in [6.07, 6.45) is 8.04. The van der Waals surface area contributed by atoms with Crippen LogP contribution in [0.15, 0.2) is 49.2 Å². The Morgan fingerprint density at radius 2 is 1.68 bits per heavy atom. The molecule has 25 heavy (non-hydrogen) atoms. The standard InChI is InChI=1S/C17H13I2N5O/c1-10(24-17(25)11-6-12(18)8-13(19)7-11)15-16(23-5-4-22-15)14-9-20-2-3-21-14/h2-10H,1H3,(H,24,25)/t10-/m0/s1. The maximum Gasteiger partial charge on any atom is 0.251 e. The van der Waals surface area contributed by atoms with Crippen molar-refractivity contribution in [1.82, 2.24) is 25.3 Å². The van der Waals surface area contributed by atoms with E-state index in [4.69, 9.17) is 0 Å². The quantitative estimate of drug-likeness (QED) is 0.496. The molecule has 0 saturated carbocycles. The summed E-state index contributed by atoms with van der Waals surface area (Å²) >= 11 is 4.40. The zero-order chi connectivity index (χ0) is 17.8. The molecule has 126 valence electrons. The van der Waals surface area contributed by atoms with Crippen LogP contribution in [0.4, 0.5) is 0 Å². The molecule has 0 aliphatic carbocycles. The molecule has 6 nitrogen and oxygen atoms in total. The van der Waals surface area contributed by atoms with Gasteiger partial charge < -0.3 is 5.32 Å². The molecule has 0 saturated heterocycles. The third-order valence-corrected chi connectivity index (χ3v) is 4.66. The van der Waals surface area contributed by atoms with Crippen LogP contribution in [0.2, 0.25) is 0 Å². The maximum absolute atomic E-state index is 12.6. The zero-order valence-corrected chi connectivity index (χ0v) is 17.5. The summed E-state index contributed by atoms with van der Waals surface area (Å²) in [5.41, 5.74) is 2.50. The van der Waals surface area contributed by atoms with E-state index in [1.165, 1.54) is 0 Å². The first-order valence-corrected chi connectivity index (χ1v) is 9.54. The smallest absolute Gasteiger partial charge is 0.251 e. The predicted molar refractivity (Wildman–Crippen MR) is 111 cm³/mol. The Kier molecular flexibility index (Phi) is 5.89. The summed E-state index contributed by atoms with van der Waals surface area (Å²) in [5.74, 6) is -0.153. The molecular formula is C17H13I2N5O. The molecule has 3 rings (SSSR count). The molecule has 1 N–H and O–H groups in total. The topological polar surface area (TPSA) is 80.7 Å². The lowest BCUT2D eigenvalue weighted by Gasteiger charge is -2.16. The summed E-state index contributed by atoms with van der Waals surface area (Å²) in [7, 11) is 0. The third-order valence-electron chi connectivity index (χ3n) is 3.41. The van der Waals surface area contributed by atoms with Gasteiger partial charge in [0.15, 0.2) is 0 Å². The number of carbonyl (C=O) groups is 1. The number of carbonyl (C=O) groups excluding carboxylic acids is 1. The van der Waals surface area contributed by atoms with Crippen LogP contribution in [-0.4, -0.2) is 25.8 Å². The number of halogens is 2. The summed E-state index contributed by atoms with van der Waals surface area (Å²) in [6, 6.07) is 5.39. The van der Waals surface area contributed by atoms with Crippen LogP contribution in [0.1, 0.15) is 29.0 Å². The van der Waals surface area contributed by atoms with Gasteiger partial charge in [-0.1, -0.05) is 0 Å². The van der Waals surface area contributed by atoms with Crippen LogP contribution >= 0.6 is 45.2 Å². The first kappa shape index (κ1) is 18.1. The normalized spacial score (nSPS) is 11.8. The van der Waals surface area contributed by atoms with Crippen LogP contribution in [0.25, 0.3) is 11.4 Å². The highest BCUT2D eigenvalue weighted by atomic mass is 127. The number of aromatic nitrogens is 4. The Morgan fingerprint density at radius 1 is 1.00 bits per heavy atom. The summed E-state index contributed by atoms with van der Waals surface area (Å²) < 4.78 is 2.03. The summed E-state index contributed by atoms with van der Waals surface area (Å²) in [4.78, 5) is 29.7. The SMILES string of the molecule is C[C@H](NC(=O)c1cc(I)cc(I)c1)c1nccnc1-c1cnccn1. The predicted octanol–water partition coefficient (Wildman–Crippen LogP) is 3.63. The molecule has 8 heteroatoms. The second kappa shape index (κ2) is 8.13. The van der Waals surface area contributed by atoms with E-state index in [0.717, 1.165) is 7.14 Å². The zero-order valence-electron chi connectivity index (χ0n) is 13.1. The lowest BCUT2D eigenvalue weighted by atomic mass is 10.1. The Bertz CT molecular complexity index is 884. The van der Waals surface area contributed by atoms with Gasteiger partial charge in [-0.3, -0.25) is 24.7 Å². The number of rotatable bonds is 4. The van der Waals surface area contributed by atoms with Gasteiger partial charge in [-0.2, -0.15) is 0 Å². The van der Waals surface area contributed by atoms with Gasteiger partial charge in [0.05, 0.1) is 17.9 Å². The molecule has 0 fully saturated rings. The first-order valence-electron chi connectivity index (χ1n) is 7.39. The largest absolute Gasteiger partial charge is 0.344 e. The number of amides is 1. The lowest BCUT2D eigenvalue weighted by Crippen LogP contribution is -2.28. The monoisotopic (exact) mass is 557 g/mol. The molecule has 0 unspecified atom stereocenters. The fourth-order valence-corrected chi connectivity index (χ4v) is 4.26. The van der Waals surface area contributed by atoms with E-state index in [0.29, 0.717) is 22.6 Å². The number of benzene rings is 1. The fraction of sp³-hybridized carbons (Fsp3) is 0.118. The Balaban J connectivity index is 1.87. The van der Waals surface area contributed by atoms with Crippen molar-refractivity contribution in [3.8, 4) is 11.4 Å². The highest BCUT2D eigenvalue weighted by Crippen LogP contribution is 2.22. The van der Waals surface area contributed by atoms with Crippen molar-refractivity contribution in [3.05, 3.63) is 67.6 Å². The summed E-state index contributed by atoms with van der Waals surface area (Å²) in [5, 5.41) is 2.98. The number of hydrogen-bond acceptors (Lipinski definition) is 5. The van der Waals surface area contributed by atoms with Crippen LogP contribution in [0.3, 0.4) is 0 Å². The van der Waals surface area contributed by atoms with Crippen molar-refractivity contribution in [1.29, 1.82) is 0 Å². The Hall–Kier alpha value is -1.69. The molecule has 1 atom stereocenters. The highest BCUT2D eigenvalue weighted by molar-refractivity contribution is 14.1. The van der Waals surface area contributed by atoms with E-state index in [2.05, 4.69) is 70.4 Å². The van der Waals surface area contributed by atoms with Gasteiger partial charge in [0.25, 0.3) is 5.91 Å². The summed E-state index contributed by atoms with van der Waals surface area (Å²) in [6.45, 7) is 1.88. The van der Waals surface area contributed by atoms with Crippen molar-refractivity contribution in [3.63, 3.8) is 0 Å². The second-order valence-electron chi connectivity index (χ2n) is 5.23. The molecule has 0 aliphatic rings. The van der Waals surface area contributed by atoms with Gasteiger partial charge in [-0.15, -0.1) is 0 Å². The van der Waals surface area contributed by atoms with E-state index in [1.807, 2.05) is 25.1 Å². The van der Waals surface area contributed by atoms with Crippen LogP contribution in [0, 0.1) is 7.14 Å². The molecule has 2 aromatic heterocycles. The molecule has 2 heterocycles. The Morgan fingerprint density at radius 3 is 2.36 bits per heavy atom. The minimum Gasteiger partial charge on any atom is -0.344 e. The van der Waals surface area contributed by atoms with Crippen molar-refractivity contribution in [2.45, 2.75) is 13.0 Å². The minimum atomic E-state index is -0.325. The number of nitrogens with one attached hydrogen (secondary N) is 1. The van der Waals surface area contributed by atoms with Gasteiger partial charge in [0, 0.05) is 37.5 Å². The van der Waals surface area contributed by atoms with Crippen molar-refractivity contribution in [2.24, 2.45) is 0 Å². The second-order valence-corrected chi connectivity index (χ2v) is 7.73. The van der Waals surface area contributed by atoms with E-state index < -0.39 is 0 Å². The number of hydrogen-bond donors (Lipinski definition) is 1. The average Bonchev–Trinajstić information content (AvgIpc) is 2.61. The molecular weight excluding hydrogens is 544 g/mol. The van der Waals surface area contributed by atoms with Crippen molar-refractivity contribution >= 4 is 51.1 Å². The van der Waals surface area contributed by atoms with Crippen LogP contribution in [0.5, 0.6) is 0 Å². The minimum absolute atomic E-state index is 0.153. The van der Waals surface area contributed by atoms with Gasteiger partial charge in [-0.25, -0.2) is 0 Å². The van der Waals surface area contributed by atoms with E-state index in [9.17, 15) is 4.79 Å². The molecule has 0 radical (unpaired) electrons. The molecule has 0 bridgehead atoms. The van der Waals surface area contributed by atoms with Crippen molar-refractivity contribution in [2.75, 3.05) is 0 Å². The van der Waals surface area contributed by atoms with Gasteiger partial charge >= 0.3 is 0 Å². The fourth-order valence-electron chi connectivity index (χ4n) is 2.32. The van der Waals surface area contributed by atoms with E-state index >= 15 is 0 Å². The van der Waals surface area contributed by atoms with E-state index in [1.54, 1.807) is 31.0 Å². The van der Waals surface area contributed by atoms with Crippen LogP contribution < -0.4 is 5.32 Å². The molecule has 0 spiro atoms. The number of nitrogens with zero attached hydrogens (tertiary/aromatic N) is 4. The highest BCUT2D eigenvalue weighted by Gasteiger charge is 2.18. The maximum atomic E-state index is 12.6. The lowest BCUT2D eigenvalue weighted by molar-refractivity contribution is 0.0939. The van der Waals surface area contributed by atoms with E-state index in [-0.39, 0.29) is 11.9 Å².